The zero-order valence-corrected chi connectivity index (χ0v) is 17.0. The van der Waals surface area contributed by atoms with Gasteiger partial charge >= 0.3 is 0 Å². The fourth-order valence-corrected chi connectivity index (χ4v) is 2.52. The first-order chi connectivity index (χ1) is 13.4. The Morgan fingerprint density at radius 1 is 1.00 bits per heavy atom. The van der Waals surface area contributed by atoms with Gasteiger partial charge in [-0.3, -0.25) is 9.59 Å². The summed E-state index contributed by atoms with van der Waals surface area (Å²) in [6.07, 6.45) is 1.47. The Labute approximate surface area is 166 Å². The second kappa shape index (κ2) is 10.3. The van der Waals surface area contributed by atoms with Crippen LogP contribution in [-0.2, 0) is 9.59 Å². The minimum absolute atomic E-state index is 0.0623. The van der Waals surface area contributed by atoms with Crippen molar-refractivity contribution in [1.82, 2.24) is 0 Å². The van der Waals surface area contributed by atoms with E-state index in [0.717, 1.165) is 23.4 Å². The lowest BCUT2D eigenvalue weighted by atomic mass is 10.1. The standard InChI is InChI=1S/C22H29N3O3/c1-5-15(3)28-18-10-7-9-17(13-18)23-14-22(27)25-20-12-8-11-19(16(20)4)24-21(26)6-2/h7-13,15,23H,5-6,14H2,1-4H3,(H,24,26)(H,25,27). The number of hydrogen-bond donors (Lipinski definition) is 3. The Kier molecular flexibility index (Phi) is 7.87. The summed E-state index contributed by atoms with van der Waals surface area (Å²) in [5, 5.41) is 8.83. The number of nitrogens with one attached hydrogen (secondary N) is 3. The van der Waals surface area contributed by atoms with Crippen LogP contribution in [0.3, 0.4) is 0 Å². The van der Waals surface area contributed by atoms with Crippen molar-refractivity contribution in [3.63, 3.8) is 0 Å². The fraction of sp³-hybridized carbons (Fsp3) is 0.364. The van der Waals surface area contributed by atoms with Gasteiger partial charge < -0.3 is 20.7 Å². The molecule has 0 aromatic heterocycles. The van der Waals surface area contributed by atoms with Crippen molar-refractivity contribution in [3.8, 4) is 5.75 Å². The van der Waals surface area contributed by atoms with Gasteiger partial charge in [0.1, 0.15) is 5.75 Å². The highest BCUT2D eigenvalue weighted by Gasteiger charge is 2.10. The van der Waals surface area contributed by atoms with Gasteiger partial charge in [0.15, 0.2) is 0 Å². The molecule has 2 aromatic carbocycles. The summed E-state index contributed by atoms with van der Waals surface area (Å²) in [6, 6.07) is 13.0. The number of carbonyl (C=O) groups excluding carboxylic acids is 2. The number of benzene rings is 2. The summed E-state index contributed by atoms with van der Waals surface area (Å²) in [5.41, 5.74) is 3.01. The predicted molar refractivity (Wildman–Crippen MR) is 114 cm³/mol. The second-order valence-electron chi connectivity index (χ2n) is 6.65. The molecule has 2 rings (SSSR count). The number of anilines is 3. The average Bonchev–Trinajstić information content (AvgIpc) is 2.69. The quantitative estimate of drug-likeness (QED) is 0.592. The molecule has 3 N–H and O–H groups in total. The molecule has 0 fully saturated rings. The third-order valence-corrected chi connectivity index (χ3v) is 4.40. The zero-order valence-electron chi connectivity index (χ0n) is 17.0. The monoisotopic (exact) mass is 383 g/mol. The molecule has 150 valence electrons. The van der Waals surface area contributed by atoms with Gasteiger partial charge in [0.05, 0.1) is 12.6 Å². The van der Waals surface area contributed by atoms with Crippen LogP contribution in [0.25, 0.3) is 0 Å². The van der Waals surface area contributed by atoms with E-state index in [4.69, 9.17) is 4.74 Å². The molecule has 0 saturated carbocycles. The summed E-state index contributed by atoms with van der Waals surface area (Å²) in [4.78, 5) is 24.0. The molecule has 0 bridgehead atoms. The molecular formula is C22H29N3O3. The van der Waals surface area contributed by atoms with E-state index in [-0.39, 0.29) is 24.5 Å². The number of ether oxygens (including phenoxy) is 1. The Hall–Kier alpha value is -3.02. The molecule has 6 nitrogen and oxygen atoms in total. The van der Waals surface area contributed by atoms with Gasteiger partial charge in [-0.2, -0.15) is 0 Å². The molecule has 0 radical (unpaired) electrons. The van der Waals surface area contributed by atoms with Crippen LogP contribution in [0.4, 0.5) is 17.1 Å². The Balaban J connectivity index is 1.95. The lowest BCUT2D eigenvalue weighted by molar-refractivity contribution is -0.116. The fourth-order valence-electron chi connectivity index (χ4n) is 2.52. The van der Waals surface area contributed by atoms with E-state index < -0.39 is 0 Å². The summed E-state index contributed by atoms with van der Waals surface area (Å²) >= 11 is 0. The van der Waals surface area contributed by atoms with Gasteiger partial charge in [0.25, 0.3) is 0 Å². The highest BCUT2D eigenvalue weighted by Crippen LogP contribution is 2.24. The van der Waals surface area contributed by atoms with Crippen LogP contribution in [0, 0.1) is 6.92 Å². The molecule has 2 aromatic rings. The smallest absolute Gasteiger partial charge is 0.243 e. The van der Waals surface area contributed by atoms with Crippen molar-refractivity contribution >= 4 is 28.9 Å². The van der Waals surface area contributed by atoms with Crippen LogP contribution in [0.15, 0.2) is 42.5 Å². The molecule has 0 aliphatic carbocycles. The topological polar surface area (TPSA) is 79.5 Å². The van der Waals surface area contributed by atoms with Crippen LogP contribution in [0.5, 0.6) is 5.75 Å². The molecule has 6 heteroatoms. The van der Waals surface area contributed by atoms with Gasteiger partial charge in [0.2, 0.25) is 11.8 Å². The van der Waals surface area contributed by atoms with Crippen LogP contribution in [-0.4, -0.2) is 24.5 Å². The van der Waals surface area contributed by atoms with Gasteiger partial charge in [-0.05, 0) is 50.1 Å². The SMILES string of the molecule is CCC(=O)Nc1cccc(NC(=O)CNc2cccc(OC(C)CC)c2)c1C. The van der Waals surface area contributed by atoms with Gasteiger partial charge in [0, 0.05) is 29.5 Å². The van der Waals surface area contributed by atoms with Gasteiger partial charge in [-0.15, -0.1) is 0 Å². The maximum absolute atomic E-state index is 12.3. The second-order valence-corrected chi connectivity index (χ2v) is 6.65. The third-order valence-electron chi connectivity index (χ3n) is 4.40. The molecular weight excluding hydrogens is 354 g/mol. The third kappa shape index (κ3) is 6.30. The zero-order chi connectivity index (χ0) is 20.5. The number of rotatable bonds is 9. The van der Waals surface area contributed by atoms with Crippen molar-refractivity contribution in [2.75, 3.05) is 22.5 Å². The molecule has 0 aliphatic heterocycles. The first-order valence-corrected chi connectivity index (χ1v) is 9.62. The van der Waals surface area contributed by atoms with Crippen molar-refractivity contribution in [2.45, 2.75) is 46.6 Å². The van der Waals surface area contributed by atoms with E-state index >= 15 is 0 Å². The van der Waals surface area contributed by atoms with Crippen LogP contribution < -0.4 is 20.7 Å². The summed E-state index contributed by atoms with van der Waals surface area (Å²) < 4.78 is 5.80. The lowest BCUT2D eigenvalue weighted by Gasteiger charge is -2.15. The first kappa shape index (κ1) is 21.3. The molecule has 1 unspecified atom stereocenters. The summed E-state index contributed by atoms with van der Waals surface area (Å²) in [7, 11) is 0. The Bertz CT molecular complexity index is 820. The van der Waals surface area contributed by atoms with Gasteiger partial charge in [-0.1, -0.05) is 26.0 Å². The highest BCUT2D eigenvalue weighted by molar-refractivity contribution is 5.97. The van der Waals surface area contributed by atoms with E-state index in [2.05, 4.69) is 22.9 Å². The van der Waals surface area contributed by atoms with Crippen molar-refractivity contribution in [2.24, 2.45) is 0 Å². The molecule has 0 saturated heterocycles. The first-order valence-electron chi connectivity index (χ1n) is 9.62. The molecule has 28 heavy (non-hydrogen) atoms. The van der Waals surface area contributed by atoms with Gasteiger partial charge in [-0.25, -0.2) is 0 Å². The maximum atomic E-state index is 12.3. The van der Waals surface area contributed by atoms with Crippen molar-refractivity contribution < 1.29 is 14.3 Å². The van der Waals surface area contributed by atoms with Crippen LogP contribution in [0.1, 0.15) is 39.2 Å². The summed E-state index contributed by atoms with van der Waals surface area (Å²) in [5.74, 6) is 0.540. The molecule has 0 spiro atoms. The number of hydrogen-bond acceptors (Lipinski definition) is 4. The lowest BCUT2D eigenvalue weighted by Crippen LogP contribution is -2.22. The van der Waals surface area contributed by atoms with E-state index in [0.29, 0.717) is 17.8 Å². The largest absolute Gasteiger partial charge is 0.491 e. The minimum atomic E-state index is -0.171. The average molecular weight is 383 g/mol. The van der Waals surface area contributed by atoms with Crippen LogP contribution >= 0.6 is 0 Å². The molecule has 2 amide bonds. The summed E-state index contributed by atoms with van der Waals surface area (Å²) in [6.45, 7) is 7.88. The van der Waals surface area contributed by atoms with Crippen molar-refractivity contribution in [1.29, 1.82) is 0 Å². The normalized spacial score (nSPS) is 11.4. The number of amides is 2. The highest BCUT2D eigenvalue weighted by atomic mass is 16.5. The molecule has 0 heterocycles. The predicted octanol–water partition coefficient (Wildman–Crippen LogP) is 4.57. The molecule has 0 aliphatic rings. The van der Waals surface area contributed by atoms with Crippen molar-refractivity contribution in [3.05, 3.63) is 48.0 Å². The van der Waals surface area contributed by atoms with E-state index in [1.54, 1.807) is 13.0 Å². The van der Waals surface area contributed by atoms with E-state index in [9.17, 15) is 9.59 Å². The van der Waals surface area contributed by atoms with E-state index in [1.807, 2.05) is 50.2 Å². The minimum Gasteiger partial charge on any atom is -0.491 e. The molecule has 1 atom stereocenters. The maximum Gasteiger partial charge on any atom is 0.243 e. The van der Waals surface area contributed by atoms with Crippen LogP contribution in [0.2, 0.25) is 0 Å². The van der Waals surface area contributed by atoms with E-state index in [1.165, 1.54) is 0 Å². The Morgan fingerprint density at radius 3 is 2.29 bits per heavy atom. The Morgan fingerprint density at radius 2 is 1.64 bits per heavy atom. The number of carbonyl (C=O) groups is 2.